The summed E-state index contributed by atoms with van der Waals surface area (Å²) >= 11 is 0. The fourth-order valence-electron chi connectivity index (χ4n) is 6.46. The van der Waals surface area contributed by atoms with Gasteiger partial charge >= 0.3 is 0 Å². The lowest BCUT2D eigenvalue weighted by Crippen LogP contribution is -1.91. The van der Waals surface area contributed by atoms with Crippen molar-refractivity contribution in [3.8, 4) is 44.5 Å². The Morgan fingerprint density at radius 1 is 0.214 bits per heavy atom. The molecule has 8 aromatic carbocycles. The average molecular weight is 533 g/mol. The number of benzene rings is 8. The molecule has 0 aromatic heterocycles. The Kier molecular flexibility index (Phi) is 5.90. The van der Waals surface area contributed by atoms with Gasteiger partial charge in [-0.05, 0) is 95.0 Å². The van der Waals surface area contributed by atoms with E-state index in [0.717, 1.165) is 0 Å². The number of hydrogen-bond acceptors (Lipinski definition) is 0. The molecule has 0 atom stereocenters. The van der Waals surface area contributed by atoms with E-state index < -0.39 is 0 Å². The van der Waals surface area contributed by atoms with Crippen LogP contribution in [0.1, 0.15) is 0 Å². The van der Waals surface area contributed by atoms with Gasteiger partial charge in [-0.25, -0.2) is 0 Å². The van der Waals surface area contributed by atoms with Gasteiger partial charge in [0.25, 0.3) is 0 Å². The second kappa shape index (κ2) is 10.2. The molecule has 0 saturated carbocycles. The first kappa shape index (κ1) is 24.3. The molecule has 0 radical (unpaired) electrons. The van der Waals surface area contributed by atoms with Crippen molar-refractivity contribution in [2.45, 2.75) is 0 Å². The molecule has 0 aliphatic heterocycles. The van der Waals surface area contributed by atoms with Gasteiger partial charge in [0.05, 0.1) is 0 Å². The molecule has 0 unspecified atom stereocenters. The van der Waals surface area contributed by atoms with Crippen molar-refractivity contribution in [2.24, 2.45) is 0 Å². The van der Waals surface area contributed by atoms with Gasteiger partial charge in [-0.3, -0.25) is 0 Å². The first-order chi connectivity index (χ1) is 20.8. The van der Waals surface area contributed by atoms with Gasteiger partial charge in [-0.1, -0.05) is 152 Å². The quantitative estimate of drug-likeness (QED) is 0.198. The van der Waals surface area contributed by atoms with E-state index in [2.05, 4.69) is 170 Å². The molecule has 0 saturated heterocycles. The molecular formula is C42H28. The summed E-state index contributed by atoms with van der Waals surface area (Å²) in [5.41, 5.74) is 9.96. The first-order valence-corrected chi connectivity index (χ1v) is 14.5. The van der Waals surface area contributed by atoms with E-state index in [1.54, 1.807) is 0 Å². The molecule has 0 fully saturated rings. The molecule has 0 nitrogen and oxygen atoms in total. The monoisotopic (exact) mass is 532 g/mol. The van der Waals surface area contributed by atoms with Crippen LogP contribution in [0, 0.1) is 0 Å². The van der Waals surface area contributed by atoms with Gasteiger partial charge < -0.3 is 0 Å². The molecule has 42 heavy (non-hydrogen) atoms. The van der Waals surface area contributed by atoms with Gasteiger partial charge in [0.1, 0.15) is 0 Å². The molecule has 196 valence electrons. The minimum absolute atomic E-state index is 1.22. The Morgan fingerprint density at radius 3 is 1.21 bits per heavy atom. The van der Waals surface area contributed by atoms with Crippen LogP contribution in [0.15, 0.2) is 170 Å². The summed E-state index contributed by atoms with van der Waals surface area (Å²) in [5.74, 6) is 0. The third-order valence-electron chi connectivity index (χ3n) is 8.42. The maximum absolute atomic E-state index is 2.36. The molecule has 0 bridgehead atoms. The molecule has 0 aliphatic carbocycles. The van der Waals surface area contributed by atoms with Crippen LogP contribution in [0.5, 0.6) is 0 Å². The van der Waals surface area contributed by atoms with Crippen molar-refractivity contribution in [2.75, 3.05) is 0 Å². The van der Waals surface area contributed by atoms with Gasteiger partial charge in [-0.2, -0.15) is 0 Å². The Hall–Kier alpha value is -5.46. The van der Waals surface area contributed by atoms with Crippen molar-refractivity contribution in [3.05, 3.63) is 170 Å². The first-order valence-electron chi connectivity index (χ1n) is 14.5. The Bertz CT molecular complexity index is 2180. The molecule has 0 aliphatic rings. The van der Waals surface area contributed by atoms with Crippen LogP contribution >= 0.6 is 0 Å². The van der Waals surface area contributed by atoms with E-state index in [0.29, 0.717) is 0 Å². The summed E-state index contributed by atoms with van der Waals surface area (Å²) in [6.07, 6.45) is 0. The van der Waals surface area contributed by atoms with E-state index in [4.69, 9.17) is 0 Å². The van der Waals surface area contributed by atoms with Crippen LogP contribution in [0.25, 0.3) is 76.8 Å². The topological polar surface area (TPSA) is 0 Å². The molecule has 0 N–H and O–H groups in total. The molecule has 0 heterocycles. The third-order valence-corrected chi connectivity index (χ3v) is 8.42. The maximum atomic E-state index is 2.36. The number of fused-ring (bicyclic) bond motifs is 3. The number of rotatable bonds is 4. The molecule has 0 spiro atoms. The van der Waals surface area contributed by atoms with Crippen LogP contribution in [0.4, 0.5) is 0 Å². The van der Waals surface area contributed by atoms with Crippen LogP contribution in [0.3, 0.4) is 0 Å². The van der Waals surface area contributed by atoms with Crippen molar-refractivity contribution in [1.82, 2.24) is 0 Å². The summed E-state index contributed by atoms with van der Waals surface area (Å²) in [4.78, 5) is 0. The second-order valence-corrected chi connectivity index (χ2v) is 10.9. The van der Waals surface area contributed by atoms with E-state index in [9.17, 15) is 0 Å². The summed E-state index contributed by atoms with van der Waals surface area (Å²) in [7, 11) is 0. The Morgan fingerprint density at radius 2 is 0.619 bits per heavy atom. The predicted octanol–water partition coefficient (Wildman–Crippen LogP) is 11.8. The zero-order valence-corrected chi connectivity index (χ0v) is 23.2. The highest BCUT2D eigenvalue weighted by atomic mass is 14.2. The van der Waals surface area contributed by atoms with E-state index >= 15 is 0 Å². The van der Waals surface area contributed by atoms with Crippen molar-refractivity contribution < 1.29 is 0 Å². The van der Waals surface area contributed by atoms with Gasteiger partial charge in [0.15, 0.2) is 0 Å². The van der Waals surface area contributed by atoms with E-state index in [1.165, 1.54) is 76.8 Å². The molecule has 0 heteroatoms. The smallest absolute Gasteiger partial charge is 0.00262 e. The van der Waals surface area contributed by atoms with Crippen molar-refractivity contribution in [1.29, 1.82) is 0 Å². The zero-order valence-electron chi connectivity index (χ0n) is 23.2. The number of hydrogen-bond donors (Lipinski definition) is 0. The standard InChI is InChI=1S/C42H28/c1-2-13-30(14-3-1)41-37-20-6-8-22-39(37)42(40-23-9-7-21-38(40)41)36-19-11-18-34(28-36)32-16-10-17-33(27-32)35-25-24-29-12-4-5-15-31(29)26-35/h1-28H. The summed E-state index contributed by atoms with van der Waals surface area (Å²) < 4.78 is 0. The Balaban J connectivity index is 1.30. The molecule has 8 rings (SSSR count). The highest BCUT2D eigenvalue weighted by molar-refractivity contribution is 6.21. The highest BCUT2D eigenvalue weighted by Crippen LogP contribution is 2.44. The maximum Gasteiger partial charge on any atom is -0.00262 e. The fourth-order valence-corrected chi connectivity index (χ4v) is 6.46. The SMILES string of the molecule is c1ccc(-c2c3ccccc3c(-c3cccc(-c4cccc(-c5ccc6ccccc6c5)c4)c3)c3ccccc23)cc1. The zero-order chi connectivity index (χ0) is 27.9. The molecular weight excluding hydrogens is 504 g/mol. The molecule has 8 aromatic rings. The fraction of sp³-hybridized carbons (Fsp3) is 0. The average Bonchev–Trinajstić information content (AvgIpc) is 3.07. The van der Waals surface area contributed by atoms with E-state index in [1.807, 2.05) is 0 Å². The summed E-state index contributed by atoms with van der Waals surface area (Å²) in [6.45, 7) is 0. The summed E-state index contributed by atoms with van der Waals surface area (Å²) in [5, 5.41) is 7.64. The van der Waals surface area contributed by atoms with Gasteiger partial charge in [-0.15, -0.1) is 0 Å². The van der Waals surface area contributed by atoms with Crippen LogP contribution in [-0.4, -0.2) is 0 Å². The highest BCUT2D eigenvalue weighted by Gasteiger charge is 2.16. The van der Waals surface area contributed by atoms with Gasteiger partial charge in [0, 0.05) is 0 Å². The van der Waals surface area contributed by atoms with Crippen molar-refractivity contribution >= 4 is 32.3 Å². The minimum atomic E-state index is 1.22. The van der Waals surface area contributed by atoms with E-state index in [-0.39, 0.29) is 0 Å². The van der Waals surface area contributed by atoms with Gasteiger partial charge in [0.2, 0.25) is 0 Å². The van der Waals surface area contributed by atoms with Crippen molar-refractivity contribution in [3.63, 3.8) is 0 Å². The van der Waals surface area contributed by atoms with Crippen LogP contribution < -0.4 is 0 Å². The minimum Gasteiger partial charge on any atom is -0.0622 e. The molecule has 0 amide bonds. The lowest BCUT2D eigenvalue weighted by Gasteiger charge is -2.18. The Labute approximate surface area is 246 Å². The lowest BCUT2D eigenvalue weighted by molar-refractivity contribution is 1.59. The lowest BCUT2D eigenvalue weighted by atomic mass is 9.85. The third kappa shape index (κ3) is 4.17. The van der Waals surface area contributed by atoms with Crippen LogP contribution in [0.2, 0.25) is 0 Å². The largest absolute Gasteiger partial charge is 0.0622 e. The predicted molar refractivity (Wildman–Crippen MR) is 181 cm³/mol. The summed E-state index contributed by atoms with van der Waals surface area (Å²) in [6, 6.07) is 61.7. The normalized spacial score (nSPS) is 11.3. The second-order valence-electron chi connectivity index (χ2n) is 10.9. The van der Waals surface area contributed by atoms with Crippen LogP contribution in [-0.2, 0) is 0 Å².